The van der Waals surface area contributed by atoms with E-state index < -0.39 is 16.4 Å². The smallest absolute Gasteiger partial charge is 0.392 e. The maximum absolute atomic E-state index is 11.2. The number of hydrazone groups is 1. The Bertz CT molecular complexity index is 265. The summed E-state index contributed by atoms with van der Waals surface area (Å²) in [5.41, 5.74) is 0.523. The number of hydrogen-bond acceptors (Lipinski definition) is 6. The maximum Gasteiger partial charge on any atom is 0.392 e. The Morgan fingerprint density at radius 1 is 1.92 bits per heavy atom. The molecule has 0 amide bonds. The summed E-state index contributed by atoms with van der Waals surface area (Å²) in [6.45, 7) is 1.55. The normalized spacial score (nSPS) is 25.3. The molecule has 0 saturated heterocycles. The molecule has 1 atom stereocenters. The first kappa shape index (κ1) is 9.43. The van der Waals surface area contributed by atoms with Crippen molar-refractivity contribution in [3.8, 4) is 0 Å². The van der Waals surface area contributed by atoms with Gasteiger partial charge in [0.1, 0.15) is 12.8 Å². The third-order valence-electron chi connectivity index (χ3n) is 1.67. The van der Waals surface area contributed by atoms with E-state index in [0.717, 1.165) is 6.21 Å². The molecule has 0 fully saturated rings. The van der Waals surface area contributed by atoms with Crippen LogP contribution in [0.4, 0.5) is 0 Å². The Hall–Kier alpha value is -1.66. The van der Waals surface area contributed by atoms with Crippen molar-refractivity contribution in [3.05, 3.63) is 10.1 Å². The standard InChI is InChI=1S/C6H9N3O4/c1-2-13-5(10)6(9(11)12)3-7-8-4-6/h3,8H,2,4H2,1H3. The van der Waals surface area contributed by atoms with Crippen LogP contribution in [0.5, 0.6) is 0 Å². The molecule has 1 aliphatic rings. The van der Waals surface area contributed by atoms with Gasteiger partial charge in [-0.15, -0.1) is 0 Å². The first-order valence-electron chi connectivity index (χ1n) is 3.72. The van der Waals surface area contributed by atoms with Gasteiger partial charge in [-0.1, -0.05) is 0 Å². The van der Waals surface area contributed by atoms with E-state index >= 15 is 0 Å². The fraction of sp³-hybridized carbons (Fsp3) is 0.667. The van der Waals surface area contributed by atoms with Crippen LogP contribution in [-0.4, -0.2) is 35.8 Å². The molecular weight excluding hydrogens is 178 g/mol. The van der Waals surface area contributed by atoms with E-state index in [9.17, 15) is 14.9 Å². The van der Waals surface area contributed by atoms with Crippen molar-refractivity contribution in [2.45, 2.75) is 12.5 Å². The van der Waals surface area contributed by atoms with E-state index in [1.165, 1.54) is 0 Å². The van der Waals surface area contributed by atoms with Gasteiger partial charge in [0, 0.05) is 4.92 Å². The third kappa shape index (κ3) is 1.44. The average Bonchev–Trinajstić information content (AvgIpc) is 2.53. The lowest BCUT2D eigenvalue weighted by molar-refractivity contribution is -0.528. The fourth-order valence-corrected chi connectivity index (χ4v) is 0.931. The highest BCUT2D eigenvalue weighted by Crippen LogP contribution is 2.12. The Morgan fingerprint density at radius 3 is 3.00 bits per heavy atom. The topological polar surface area (TPSA) is 93.8 Å². The highest BCUT2D eigenvalue weighted by Gasteiger charge is 2.54. The van der Waals surface area contributed by atoms with Crippen LogP contribution in [0, 0.1) is 10.1 Å². The molecule has 1 unspecified atom stereocenters. The molecule has 0 aromatic carbocycles. The molecular formula is C6H9N3O4. The third-order valence-corrected chi connectivity index (χ3v) is 1.67. The van der Waals surface area contributed by atoms with Crippen molar-refractivity contribution in [2.24, 2.45) is 5.10 Å². The van der Waals surface area contributed by atoms with Crippen LogP contribution in [-0.2, 0) is 9.53 Å². The molecule has 13 heavy (non-hydrogen) atoms. The molecule has 1 rings (SSSR count). The van der Waals surface area contributed by atoms with Gasteiger partial charge in [-0.25, -0.2) is 4.79 Å². The van der Waals surface area contributed by atoms with E-state index in [0.29, 0.717) is 0 Å². The number of esters is 1. The largest absolute Gasteiger partial charge is 0.460 e. The highest BCUT2D eigenvalue weighted by atomic mass is 16.6. The lowest BCUT2D eigenvalue weighted by Crippen LogP contribution is -2.51. The van der Waals surface area contributed by atoms with E-state index in [4.69, 9.17) is 0 Å². The Labute approximate surface area is 73.9 Å². The van der Waals surface area contributed by atoms with Crippen LogP contribution in [0.1, 0.15) is 6.92 Å². The van der Waals surface area contributed by atoms with Crippen molar-refractivity contribution < 1.29 is 14.5 Å². The molecule has 7 nitrogen and oxygen atoms in total. The van der Waals surface area contributed by atoms with E-state index in [1.807, 2.05) is 0 Å². The van der Waals surface area contributed by atoms with Gasteiger partial charge in [0.05, 0.1) is 6.61 Å². The number of nitro groups is 1. The second-order valence-electron chi connectivity index (χ2n) is 2.49. The van der Waals surface area contributed by atoms with Crippen LogP contribution in [0.3, 0.4) is 0 Å². The summed E-state index contributed by atoms with van der Waals surface area (Å²) < 4.78 is 4.58. The second-order valence-corrected chi connectivity index (χ2v) is 2.49. The van der Waals surface area contributed by atoms with Crippen LogP contribution in [0.25, 0.3) is 0 Å². The summed E-state index contributed by atoms with van der Waals surface area (Å²) in [5.74, 6) is -0.881. The van der Waals surface area contributed by atoms with E-state index in [-0.39, 0.29) is 13.2 Å². The zero-order chi connectivity index (χ0) is 9.90. The fourth-order valence-electron chi connectivity index (χ4n) is 0.931. The van der Waals surface area contributed by atoms with Gasteiger partial charge in [0.25, 0.3) is 0 Å². The van der Waals surface area contributed by atoms with Crippen molar-refractivity contribution >= 4 is 12.2 Å². The van der Waals surface area contributed by atoms with E-state index in [2.05, 4.69) is 15.3 Å². The van der Waals surface area contributed by atoms with Crippen LogP contribution in [0.15, 0.2) is 5.10 Å². The predicted octanol–water partition coefficient (Wildman–Crippen LogP) is -0.846. The first-order valence-corrected chi connectivity index (χ1v) is 3.72. The molecule has 1 heterocycles. The van der Waals surface area contributed by atoms with Gasteiger partial charge in [0.15, 0.2) is 0 Å². The van der Waals surface area contributed by atoms with Crippen molar-refractivity contribution in [3.63, 3.8) is 0 Å². The van der Waals surface area contributed by atoms with Crippen LogP contribution in [0.2, 0.25) is 0 Å². The van der Waals surface area contributed by atoms with Crippen molar-refractivity contribution in [1.82, 2.24) is 5.43 Å². The van der Waals surface area contributed by atoms with Crippen LogP contribution >= 0.6 is 0 Å². The number of carbonyl (C=O) groups is 1. The average molecular weight is 187 g/mol. The molecule has 0 spiro atoms. The number of hydrogen-bond donors (Lipinski definition) is 1. The van der Waals surface area contributed by atoms with E-state index in [1.54, 1.807) is 6.92 Å². The molecule has 0 bridgehead atoms. The van der Waals surface area contributed by atoms with Crippen molar-refractivity contribution in [1.29, 1.82) is 0 Å². The lowest BCUT2D eigenvalue weighted by atomic mass is 10.0. The van der Waals surface area contributed by atoms with Gasteiger partial charge in [-0.3, -0.25) is 10.1 Å². The summed E-state index contributed by atoms with van der Waals surface area (Å²) in [7, 11) is 0. The quantitative estimate of drug-likeness (QED) is 0.353. The lowest BCUT2D eigenvalue weighted by Gasteiger charge is -2.13. The zero-order valence-corrected chi connectivity index (χ0v) is 7.02. The molecule has 1 aliphatic heterocycles. The molecule has 0 aromatic heterocycles. The predicted molar refractivity (Wildman–Crippen MR) is 42.9 cm³/mol. The molecule has 0 saturated carbocycles. The van der Waals surface area contributed by atoms with Crippen molar-refractivity contribution in [2.75, 3.05) is 13.2 Å². The number of carbonyl (C=O) groups excluding carboxylic acids is 1. The molecule has 0 aromatic rings. The Kier molecular flexibility index (Phi) is 2.45. The van der Waals surface area contributed by atoms with Gasteiger partial charge < -0.3 is 10.2 Å². The molecule has 7 heteroatoms. The zero-order valence-electron chi connectivity index (χ0n) is 7.02. The summed E-state index contributed by atoms with van der Waals surface area (Å²) >= 11 is 0. The summed E-state index contributed by atoms with van der Waals surface area (Å²) in [6, 6.07) is 0. The molecule has 72 valence electrons. The summed E-state index contributed by atoms with van der Waals surface area (Å²) in [6.07, 6.45) is 0.963. The van der Waals surface area contributed by atoms with Gasteiger partial charge in [-0.05, 0) is 6.92 Å². The SMILES string of the molecule is CCOC(=O)C1([N+](=O)[O-])C=NNC1. The number of ether oxygens (including phenoxy) is 1. The number of rotatable bonds is 3. The maximum atomic E-state index is 11.2. The van der Waals surface area contributed by atoms with Gasteiger partial charge >= 0.3 is 11.5 Å². The van der Waals surface area contributed by atoms with Gasteiger partial charge in [-0.2, -0.15) is 5.10 Å². The Morgan fingerprint density at radius 2 is 2.62 bits per heavy atom. The minimum atomic E-state index is -1.84. The second kappa shape index (κ2) is 3.38. The monoisotopic (exact) mass is 187 g/mol. The molecule has 1 N–H and O–H groups in total. The first-order chi connectivity index (χ1) is 6.13. The van der Waals surface area contributed by atoms with Crippen LogP contribution < -0.4 is 5.43 Å². The molecule has 0 aliphatic carbocycles. The summed E-state index contributed by atoms with van der Waals surface area (Å²) in [4.78, 5) is 21.1. The highest BCUT2D eigenvalue weighted by molar-refractivity contribution is 5.99. The van der Waals surface area contributed by atoms with Gasteiger partial charge in [0.2, 0.25) is 0 Å². The Balaban J connectivity index is 2.85. The summed E-state index contributed by atoms with van der Waals surface area (Å²) in [5, 5.41) is 14.1. The number of nitrogens with zero attached hydrogens (tertiary/aromatic N) is 2. The minimum Gasteiger partial charge on any atom is -0.460 e. The number of nitrogens with one attached hydrogen (secondary N) is 1. The molecule has 0 radical (unpaired) electrons. The minimum absolute atomic E-state index is 0.113.